The van der Waals surface area contributed by atoms with Crippen LogP contribution in [0.4, 0.5) is 4.39 Å². The van der Waals surface area contributed by atoms with Gasteiger partial charge >= 0.3 is 5.97 Å². The van der Waals surface area contributed by atoms with E-state index in [0.717, 1.165) is 10.0 Å². The monoisotopic (exact) mass is 370 g/mol. The predicted molar refractivity (Wildman–Crippen MR) is 84.1 cm³/mol. The van der Waals surface area contributed by atoms with E-state index in [1.165, 1.54) is 18.2 Å². The maximum Gasteiger partial charge on any atom is 0.307 e. The van der Waals surface area contributed by atoms with Gasteiger partial charge < -0.3 is 5.11 Å². The molecule has 0 bridgehead atoms. The van der Waals surface area contributed by atoms with Gasteiger partial charge in [0.1, 0.15) is 5.82 Å². The molecule has 0 radical (unpaired) electrons. The summed E-state index contributed by atoms with van der Waals surface area (Å²) in [4.78, 5) is 11.4. The summed E-state index contributed by atoms with van der Waals surface area (Å²) in [5.74, 6) is -1.93. The van der Waals surface area contributed by atoms with Gasteiger partial charge in [-0.05, 0) is 48.2 Å². The molecule has 0 aliphatic heterocycles. The minimum absolute atomic E-state index is 0.260. The summed E-state index contributed by atoms with van der Waals surface area (Å²) < 4.78 is 13.9. The van der Waals surface area contributed by atoms with Crippen molar-refractivity contribution < 1.29 is 14.3 Å². The van der Waals surface area contributed by atoms with Crippen molar-refractivity contribution in [3.8, 4) is 0 Å². The molecule has 0 aliphatic rings. The zero-order chi connectivity index (χ0) is 15.4. The Kier molecular flexibility index (Phi) is 5.37. The molecule has 0 heterocycles. The molecule has 0 spiro atoms. The van der Waals surface area contributed by atoms with E-state index in [2.05, 4.69) is 15.9 Å². The first-order chi connectivity index (χ1) is 9.95. The highest BCUT2D eigenvalue weighted by Gasteiger charge is 2.20. The molecule has 21 heavy (non-hydrogen) atoms. The van der Waals surface area contributed by atoms with Crippen molar-refractivity contribution in [3.63, 3.8) is 0 Å². The summed E-state index contributed by atoms with van der Waals surface area (Å²) in [6.07, 6.45) is 0.656. The van der Waals surface area contributed by atoms with Crippen LogP contribution in [0.5, 0.6) is 0 Å². The Balaban J connectivity index is 2.18. The third-order valence-electron chi connectivity index (χ3n) is 3.20. The molecule has 110 valence electrons. The highest BCUT2D eigenvalue weighted by atomic mass is 79.9. The summed E-state index contributed by atoms with van der Waals surface area (Å²) in [6.45, 7) is 0. The first-order valence-electron chi connectivity index (χ1n) is 6.37. The molecule has 2 aromatic carbocycles. The van der Waals surface area contributed by atoms with E-state index >= 15 is 0 Å². The molecule has 0 amide bonds. The van der Waals surface area contributed by atoms with Crippen LogP contribution in [0, 0.1) is 11.7 Å². The van der Waals surface area contributed by atoms with Gasteiger partial charge in [0.25, 0.3) is 0 Å². The molecule has 0 aromatic heterocycles. The van der Waals surface area contributed by atoms with Crippen LogP contribution in [0.25, 0.3) is 0 Å². The van der Waals surface area contributed by atoms with E-state index in [9.17, 15) is 14.3 Å². The second-order valence-electron chi connectivity index (χ2n) is 4.81. The lowest BCUT2D eigenvalue weighted by molar-refractivity contribution is -0.141. The van der Waals surface area contributed by atoms with Crippen molar-refractivity contribution >= 4 is 33.5 Å². The standard InChI is InChI=1S/C16H13BrClFO2/c17-13-3-1-2-10(7-13)6-12(16(20)21)8-11-4-5-14(19)9-15(11)18/h1-5,7,9,12H,6,8H2,(H,20,21). The van der Waals surface area contributed by atoms with Gasteiger partial charge in [-0.1, -0.05) is 45.7 Å². The number of carbonyl (C=O) groups is 1. The number of hydrogen-bond donors (Lipinski definition) is 1. The van der Waals surface area contributed by atoms with Crippen molar-refractivity contribution in [2.24, 2.45) is 5.92 Å². The van der Waals surface area contributed by atoms with Crippen LogP contribution >= 0.6 is 27.5 Å². The fourth-order valence-electron chi connectivity index (χ4n) is 2.15. The van der Waals surface area contributed by atoms with Gasteiger partial charge in [0.15, 0.2) is 0 Å². The van der Waals surface area contributed by atoms with E-state index in [-0.39, 0.29) is 11.4 Å². The summed E-state index contributed by atoms with van der Waals surface area (Å²) in [5, 5.41) is 9.64. The summed E-state index contributed by atoms with van der Waals surface area (Å²) in [5.41, 5.74) is 1.57. The van der Waals surface area contributed by atoms with E-state index in [1.807, 2.05) is 24.3 Å². The Morgan fingerprint density at radius 2 is 2.00 bits per heavy atom. The quantitative estimate of drug-likeness (QED) is 0.825. The van der Waals surface area contributed by atoms with Gasteiger partial charge in [-0.15, -0.1) is 0 Å². The molecule has 0 fully saturated rings. The lowest BCUT2D eigenvalue weighted by Gasteiger charge is -2.14. The van der Waals surface area contributed by atoms with Gasteiger partial charge in [-0.2, -0.15) is 0 Å². The number of hydrogen-bond acceptors (Lipinski definition) is 1. The normalized spacial score (nSPS) is 12.1. The van der Waals surface area contributed by atoms with Crippen LogP contribution in [0.2, 0.25) is 5.02 Å². The molecule has 2 rings (SSSR count). The first kappa shape index (κ1) is 16.0. The Labute approximate surface area is 135 Å². The fourth-order valence-corrected chi connectivity index (χ4v) is 2.84. The Morgan fingerprint density at radius 3 is 2.62 bits per heavy atom. The molecule has 2 aromatic rings. The van der Waals surface area contributed by atoms with E-state index in [1.54, 1.807) is 0 Å². The summed E-state index contributed by atoms with van der Waals surface area (Å²) >= 11 is 9.33. The molecular formula is C16H13BrClFO2. The lowest BCUT2D eigenvalue weighted by atomic mass is 9.92. The van der Waals surface area contributed by atoms with Gasteiger partial charge in [0, 0.05) is 9.50 Å². The molecule has 1 unspecified atom stereocenters. The van der Waals surface area contributed by atoms with Crippen LogP contribution in [0.1, 0.15) is 11.1 Å². The summed E-state index contributed by atoms with van der Waals surface area (Å²) in [7, 11) is 0. The number of carboxylic acid groups (broad SMARTS) is 1. The van der Waals surface area contributed by atoms with Crippen LogP contribution in [-0.4, -0.2) is 11.1 Å². The van der Waals surface area contributed by atoms with Crippen molar-refractivity contribution in [1.82, 2.24) is 0 Å². The number of rotatable bonds is 5. The second-order valence-corrected chi connectivity index (χ2v) is 6.13. The molecule has 0 saturated carbocycles. The largest absolute Gasteiger partial charge is 0.481 e. The van der Waals surface area contributed by atoms with Crippen molar-refractivity contribution in [2.45, 2.75) is 12.8 Å². The van der Waals surface area contributed by atoms with Crippen molar-refractivity contribution in [1.29, 1.82) is 0 Å². The van der Waals surface area contributed by atoms with Crippen LogP contribution < -0.4 is 0 Å². The molecule has 0 aliphatic carbocycles. The highest BCUT2D eigenvalue weighted by molar-refractivity contribution is 9.10. The lowest BCUT2D eigenvalue weighted by Crippen LogP contribution is -2.19. The SMILES string of the molecule is O=C(O)C(Cc1cccc(Br)c1)Cc1ccc(F)cc1Cl. The topological polar surface area (TPSA) is 37.3 Å². The van der Waals surface area contributed by atoms with Gasteiger partial charge in [-0.25, -0.2) is 4.39 Å². The third-order valence-corrected chi connectivity index (χ3v) is 4.05. The Morgan fingerprint density at radius 1 is 1.24 bits per heavy atom. The second kappa shape index (κ2) is 7.05. The van der Waals surface area contributed by atoms with Crippen LogP contribution in [0.3, 0.4) is 0 Å². The highest BCUT2D eigenvalue weighted by Crippen LogP contribution is 2.23. The number of aliphatic carboxylic acids is 1. The predicted octanol–water partition coefficient (Wildman–Crippen LogP) is 4.73. The molecule has 5 heteroatoms. The molecule has 0 saturated heterocycles. The smallest absolute Gasteiger partial charge is 0.307 e. The van der Waals surface area contributed by atoms with Crippen molar-refractivity contribution in [2.75, 3.05) is 0 Å². The maximum absolute atomic E-state index is 13.0. The van der Waals surface area contributed by atoms with Gasteiger partial charge in [0.05, 0.1) is 5.92 Å². The molecule has 1 atom stereocenters. The van der Waals surface area contributed by atoms with E-state index < -0.39 is 17.7 Å². The zero-order valence-electron chi connectivity index (χ0n) is 11.0. The van der Waals surface area contributed by atoms with E-state index in [4.69, 9.17) is 11.6 Å². The Hall–Kier alpha value is -1.39. The molecule has 2 nitrogen and oxygen atoms in total. The zero-order valence-corrected chi connectivity index (χ0v) is 13.4. The summed E-state index contributed by atoms with van der Waals surface area (Å²) in [6, 6.07) is 11.6. The minimum atomic E-state index is -0.893. The number of carboxylic acids is 1. The van der Waals surface area contributed by atoms with Crippen molar-refractivity contribution in [3.05, 3.63) is 68.9 Å². The number of benzene rings is 2. The molecule has 1 N–H and O–H groups in total. The fraction of sp³-hybridized carbons (Fsp3) is 0.188. The average molecular weight is 372 g/mol. The average Bonchev–Trinajstić information content (AvgIpc) is 2.40. The van der Waals surface area contributed by atoms with Crippen LogP contribution in [0.15, 0.2) is 46.9 Å². The first-order valence-corrected chi connectivity index (χ1v) is 7.54. The van der Waals surface area contributed by atoms with E-state index in [0.29, 0.717) is 12.0 Å². The minimum Gasteiger partial charge on any atom is -0.481 e. The number of halogens is 3. The van der Waals surface area contributed by atoms with Crippen LogP contribution in [-0.2, 0) is 17.6 Å². The Bertz CT molecular complexity index is 660. The third kappa shape index (κ3) is 4.55. The van der Waals surface area contributed by atoms with Gasteiger partial charge in [-0.3, -0.25) is 4.79 Å². The molecular weight excluding hydrogens is 359 g/mol. The van der Waals surface area contributed by atoms with Gasteiger partial charge in [0.2, 0.25) is 0 Å². The maximum atomic E-state index is 13.0.